The second kappa shape index (κ2) is 9.95. The van der Waals surface area contributed by atoms with Gasteiger partial charge in [-0.05, 0) is 31.4 Å². The van der Waals surface area contributed by atoms with Crippen LogP contribution in [0.3, 0.4) is 0 Å². The van der Waals surface area contributed by atoms with E-state index in [1.807, 2.05) is 39.0 Å². The molecule has 3 N–H and O–H groups in total. The van der Waals surface area contributed by atoms with Crippen molar-refractivity contribution in [3.63, 3.8) is 0 Å². The maximum Gasteiger partial charge on any atom is 0.241 e. The standard InChI is InChI=1S/C19H26N6OS.ClH/c1-12(2)18(20)19-22-13(3)24-25(19)11-16(26)21-10-6-9-17-23-14-7-4-5-8-15(14)27-17;/h4-5,7-8,12,18H,6,9-11,20H2,1-3H3,(H,21,26);1H/t18-;/m0./s1. The Labute approximate surface area is 175 Å². The van der Waals surface area contributed by atoms with Gasteiger partial charge in [0.1, 0.15) is 18.2 Å². The molecule has 0 saturated carbocycles. The number of aromatic nitrogens is 4. The molecule has 1 atom stereocenters. The molecule has 152 valence electrons. The average molecular weight is 423 g/mol. The minimum atomic E-state index is -0.238. The molecule has 0 bridgehead atoms. The van der Waals surface area contributed by atoms with Crippen LogP contribution >= 0.6 is 23.7 Å². The zero-order chi connectivity index (χ0) is 19.4. The third-order valence-corrected chi connectivity index (χ3v) is 5.44. The first kappa shape index (κ1) is 22.3. The van der Waals surface area contributed by atoms with Gasteiger partial charge in [0.2, 0.25) is 5.91 Å². The average Bonchev–Trinajstić information content (AvgIpc) is 3.20. The lowest BCUT2D eigenvalue weighted by Crippen LogP contribution is -2.31. The normalized spacial score (nSPS) is 12.2. The van der Waals surface area contributed by atoms with E-state index in [1.165, 1.54) is 4.70 Å². The summed E-state index contributed by atoms with van der Waals surface area (Å²) in [6.45, 7) is 6.61. The SMILES string of the molecule is Cc1nc([C@@H](N)C(C)C)n(CC(=O)NCCCc2nc3ccccc3s2)n1.Cl. The van der Waals surface area contributed by atoms with Crippen molar-refractivity contribution >= 4 is 39.9 Å². The number of benzene rings is 1. The van der Waals surface area contributed by atoms with Crippen LogP contribution in [0.2, 0.25) is 0 Å². The first-order chi connectivity index (χ1) is 12.9. The van der Waals surface area contributed by atoms with Crippen molar-refractivity contribution in [2.24, 2.45) is 11.7 Å². The fourth-order valence-corrected chi connectivity index (χ4v) is 3.83. The zero-order valence-corrected chi connectivity index (χ0v) is 18.0. The number of nitrogens with zero attached hydrogens (tertiary/aromatic N) is 4. The van der Waals surface area contributed by atoms with Crippen molar-refractivity contribution < 1.29 is 4.79 Å². The Balaban J connectivity index is 0.00000280. The number of carbonyl (C=O) groups is 1. The van der Waals surface area contributed by atoms with Gasteiger partial charge in [0.25, 0.3) is 0 Å². The molecule has 0 aliphatic heterocycles. The summed E-state index contributed by atoms with van der Waals surface area (Å²) in [5.41, 5.74) is 7.22. The molecule has 0 spiro atoms. The Kier molecular flexibility index (Phi) is 7.91. The van der Waals surface area contributed by atoms with Crippen LogP contribution in [0.25, 0.3) is 10.2 Å². The number of halogens is 1. The number of nitrogens with two attached hydrogens (primary N) is 1. The third kappa shape index (κ3) is 5.50. The molecule has 3 aromatic rings. The van der Waals surface area contributed by atoms with E-state index in [9.17, 15) is 4.79 Å². The first-order valence-corrected chi connectivity index (χ1v) is 10.0. The second-order valence-corrected chi connectivity index (χ2v) is 8.09. The van der Waals surface area contributed by atoms with Gasteiger partial charge in [0.15, 0.2) is 0 Å². The molecule has 0 aliphatic rings. The summed E-state index contributed by atoms with van der Waals surface area (Å²) in [5, 5.41) is 8.36. The van der Waals surface area contributed by atoms with Crippen LogP contribution in [-0.4, -0.2) is 32.2 Å². The van der Waals surface area contributed by atoms with Crippen LogP contribution in [0.1, 0.15) is 43.0 Å². The van der Waals surface area contributed by atoms with Crippen molar-refractivity contribution in [1.29, 1.82) is 0 Å². The molecule has 0 unspecified atom stereocenters. The Morgan fingerprint density at radius 2 is 2.04 bits per heavy atom. The van der Waals surface area contributed by atoms with Crippen molar-refractivity contribution in [1.82, 2.24) is 25.1 Å². The number of thiazole rings is 1. The fraction of sp³-hybridized carbons (Fsp3) is 0.474. The minimum Gasteiger partial charge on any atom is -0.354 e. The van der Waals surface area contributed by atoms with E-state index in [-0.39, 0.29) is 36.8 Å². The number of aryl methyl sites for hydroxylation is 2. The molecular weight excluding hydrogens is 396 g/mol. The highest BCUT2D eigenvalue weighted by atomic mass is 35.5. The number of fused-ring (bicyclic) bond motifs is 1. The molecule has 0 fully saturated rings. The number of hydrogen-bond donors (Lipinski definition) is 2. The summed E-state index contributed by atoms with van der Waals surface area (Å²) in [5.74, 6) is 1.43. The van der Waals surface area contributed by atoms with E-state index < -0.39 is 0 Å². The van der Waals surface area contributed by atoms with Gasteiger partial charge in [-0.2, -0.15) is 5.10 Å². The molecule has 2 aromatic heterocycles. The van der Waals surface area contributed by atoms with Gasteiger partial charge in [-0.25, -0.2) is 14.6 Å². The smallest absolute Gasteiger partial charge is 0.241 e. The number of carbonyl (C=O) groups excluding carboxylic acids is 1. The van der Waals surface area contributed by atoms with Gasteiger partial charge < -0.3 is 11.1 Å². The fourth-order valence-electron chi connectivity index (χ4n) is 2.82. The highest BCUT2D eigenvalue weighted by Crippen LogP contribution is 2.22. The number of rotatable bonds is 8. The van der Waals surface area contributed by atoms with E-state index in [2.05, 4.69) is 26.4 Å². The topological polar surface area (TPSA) is 98.7 Å². The summed E-state index contributed by atoms with van der Waals surface area (Å²) in [6.07, 6.45) is 1.70. The van der Waals surface area contributed by atoms with Gasteiger partial charge in [-0.3, -0.25) is 4.79 Å². The number of para-hydroxylation sites is 1. The second-order valence-electron chi connectivity index (χ2n) is 6.97. The van der Waals surface area contributed by atoms with Crippen LogP contribution in [0.15, 0.2) is 24.3 Å². The molecule has 1 aromatic carbocycles. The number of nitrogens with one attached hydrogen (secondary N) is 1. The number of hydrogen-bond acceptors (Lipinski definition) is 6. The van der Waals surface area contributed by atoms with Crippen LogP contribution in [0.4, 0.5) is 0 Å². The van der Waals surface area contributed by atoms with Crippen molar-refractivity contribution in [2.45, 2.75) is 46.2 Å². The van der Waals surface area contributed by atoms with Crippen molar-refractivity contribution in [3.8, 4) is 0 Å². The predicted octanol–water partition coefficient (Wildman–Crippen LogP) is 3.02. The number of amides is 1. The lowest BCUT2D eigenvalue weighted by Gasteiger charge is -2.15. The summed E-state index contributed by atoms with van der Waals surface area (Å²) < 4.78 is 2.81. The summed E-state index contributed by atoms with van der Waals surface area (Å²) in [7, 11) is 0. The minimum absolute atomic E-state index is 0. The van der Waals surface area contributed by atoms with E-state index in [1.54, 1.807) is 16.0 Å². The molecule has 0 aliphatic carbocycles. The molecule has 28 heavy (non-hydrogen) atoms. The van der Waals surface area contributed by atoms with Gasteiger partial charge in [-0.15, -0.1) is 23.7 Å². The lowest BCUT2D eigenvalue weighted by atomic mass is 10.1. The molecule has 9 heteroatoms. The predicted molar refractivity (Wildman–Crippen MR) is 115 cm³/mol. The molecule has 3 rings (SSSR count). The van der Waals surface area contributed by atoms with Gasteiger partial charge in [0, 0.05) is 13.0 Å². The summed E-state index contributed by atoms with van der Waals surface area (Å²) in [4.78, 5) is 21.3. The Morgan fingerprint density at radius 1 is 1.29 bits per heavy atom. The Bertz CT molecular complexity index is 889. The highest BCUT2D eigenvalue weighted by Gasteiger charge is 2.20. The quantitative estimate of drug-likeness (QED) is 0.543. The first-order valence-electron chi connectivity index (χ1n) is 9.22. The molecular formula is C19H27ClN6OS. The molecule has 7 nitrogen and oxygen atoms in total. The Morgan fingerprint density at radius 3 is 2.75 bits per heavy atom. The van der Waals surface area contributed by atoms with Gasteiger partial charge >= 0.3 is 0 Å². The third-order valence-electron chi connectivity index (χ3n) is 4.34. The van der Waals surface area contributed by atoms with Crippen LogP contribution in [0, 0.1) is 12.8 Å². The van der Waals surface area contributed by atoms with Crippen LogP contribution in [-0.2, 0) is 17.8 Å². The van der Waals surface area contributed by atoms with E-state index >= 15 is 0 Å². The maximum atomic E-state index is 12.3. The molecule has 2 heterocycles. The Hall–Kier alpha value is -2.03. The summed E-state index contributed by atoms with van der Waals surface area (Å²) >= 11 is 1.71. The highest BCUT2D eigenvalue weighted by molar-refractivity contribution is 7.18. The zero-order valence-electron chi connectivity index (χ0n) is 16.4. The van der Waals surface area contributed by atoms with Crippen LogP contribution < -0.4 is 11.1 Å². The van der Waals surface area contributed by atoms with E-state index in [4.69, 9.17) is 5.73 Å². The molecule has 0 saturated heterocycles. The summed E-state index contributed by atoms with van der Waals surface area (Å²) in [6, 6.07) is 7.89. The largest absolute Gasteiger partial charge is 0.354 e. The van der Waals surface area contributed by atoms with Crippen molar-refractivity contribution in [3.05, 3.63) is 40.9 Å². The van der Waals surface area contributed by atoms with Gasteiger partial charge in [-0.1, -0.05) is 26.0 Å². The monoisotopic (exact) mass is 422 g/mol. The van der Waals surface area contributed by atoms with Crippen LogP contribution in [0.5, 0.6) is 0 Å². The van der Waals surface area contributed by atoms with E-state index in [0.29, 0.717) is 18.2 Å². The lowest BCUT2D eigenvalue weighted by molar-refractivity contribution is -0.121. The molecule has 0 radical (unpaired) electrons. The van der Waals surface area contributed by atoms with E-state index in [0.717, 1.165) is 23.4 Å². The maximum absolute atomic E-state index is 12.3. The van der Waals surface area contributed by atoms with Crippen molar-refractivity contribution in [2.75, 3.05) is 6.54 Å². The van der Waals surface area contributed by atoms with Gasteiger partial charge in [0.05, 0.1) is 21.3 Å². The molecule has 1 amide bonds.